The van der Waals surface area contributed by atoms with Gasteiger partial charge in [-0.3, -0.25) is 14.7 Å². The highest BCUT2D eigenvalue weighted by Gasteiger charge is 2.40. The van der Waals surface area contributed by atoms with Gasteiger partial charge in [-0.25, -0.2) is 14.2 Å². The fraction of sp³-hybridized carbons (Fsp3) is 0.464. The van der Waals surface area contributed by atoms with Crippen LogP contribution in [0.25, 0.3) is 0 Å². The highest BCUT2D eigenvalue weighted by atomic mass is 32.1. The Morgan fingerprint density at radius 1 is 1.32 bits per heavy atom. The van der Waals surface area contributed by atoms with Crippen molar-refractivity contribution in [2.75, 3.05) is 45.9 Å². The van der Waals surface area contributed by atoms with Crippen LogP contribution in [0, 0.1) is 18.7 Å². The number of nitrogens with zero attached hydrogens (tertiary/aromatic N) is 5. The SMILES string of the molecule is CCOC(=O)C1=C(CN2CCN3C(=S)N(CC(C)C(=O)O)CC3C2)NC(c2nccs2)=NC1c1cccc(F)c1C. The monoisotopic (exact) mass is 600 g/mol. The van der Waals surface area contributed by atoms with Crippen molar-refractivity contribution in [2.24, 2.45) is 10.9 Å². The number of aromatic nitrogens is 1. The van der Waals surface area contributed by atoms with E-state index in [0.717, 1.165) is 0 Å². The summed E-state index contributed by atoms with van der Waals surface area (Å²) in [6.07, 6.45) is 1.69. The largest absolute Gasteiger partial charge is 0.481 e. The van der Waals surface area contributed by atoms with E-state index in [9.17, 15) is 19.1 Å². The van der Waals surface area contributed by atoms with Crippen molar-refractivity contribution in [3.05, 3.63) is 63.0 Å². The van der Waals surface area contributed by atoms with Gasteiger partial charge < -0.3 is 25.0 Å². The Balaban J connectivity index is 1.46. The fourth-order valence-electron chi connectivity index (χ4n) is 5.53. The van der Waals surface area contributed by atoms with Crippen molar-refractivity contribution in [2.45, 2.75) is 32.9 Å². The predicted molar refractivity (Wildman–Crippen MR) is 157 cm³/mol. The molecule has 0 aliphatic carbocycles. The minimum absolute atomic E-state index is 0.0980. The van der Waals surface area contributed by atoms with Crippen molar-refractivity contribution in [1.82, 2.24) is 25.0 Å². The third-order valence-electron chi connectivity index (χ3n) is 7.67. The van der Waals surface area contributed by atoms with Gasteiger partial charge in [0.2, 0.25) is 0 Å². The van der Waals surface area contributed by atoms with Gasteiger partial charge in [0.1, 0.15) is 11.9 Å². The second-order valence-electron chi connectivity index (χ2n) is 10.4. The Morgan fingerprint density at radius 2 is 2.12 bits per heavy atom. The molecule has 0 saturated carbocycles. The molecule has 2 N–H and O–H groups in total. The maximum absolute atomic E-state index is 14.7. The number of halogens is 1. The van der Waals surface area contributed by atoms with Gasteiger partial charge in [0.05, 0.1) is 24.1 Å². The molecule has 3 atom stereocenters. The summed E-state index contributed by atoms with van der Waals surface area (Å²) >= 11 is 7.11. The second kappa shape index (κ2) is 12.2. The van der Waals surface area contributed by atoms with E-state index in [1.165, 1.54) is 17.4 Å². The highest BCUT2D eigenvalue weighted by Crippen LogP contribution is 2.35. The molecule has 0 amide bonds. The Bertz CT molecular complexity index is 1400. The van der Waals surface area contributed by atoms with E-state index in [0.29, 0.717) is 77.6 Å². The molecule has 0 bridgehead atoms. The molecule has 10 nitrogen and oxygen atoms in total. The van der Waals surface area contributed by atoms with Gasteiger partial charge >= 0.3 is 11.9 Å². The number of nitrogens with one attached hydrogen (secondary N) is 1. The summed E-state index contributed by atoms with van der Waals surface area (Å²) in [6.45, 7) is 8.77. The van der Waals surface area contributed by atoms with Crippen molar-refractivity contribution in [3.8, 4) is 0 Å². The number of carboxylic acid groups (broad SMARTS) is 1. The lowest BCUT2D eigenvalue weighted by atomic mass is 9.92. The van der Waals surface area contributed by atoms with Crippen LogP contribution < -0.4 is 5.32 Å². The van der Waals surface area contributed by atoms with Crippen molar-refractivity contribution in [1.29, 1.82) is 0 Å². The molecule has 3 aliphatic rings. The smallest absolute Gasteiger partial charge is 0.338 e. The van der Waals surface area contributed by atoms with Crippen molar-refractivity contribution < 1.29 is 23.8 Å². The van der Waals surface area contributed by atoms with E-state index in [-0.39, 0.29) is 18.5 Å². The molecule has 0 spiro atoms. The van der Waals surface area contributed by atoms with Gasteiger partial charge in [0.25, 0.3) is 0 Å². The lowest BCUT2D eigenvalue weighted by Gasteiger charge is -2.38. The lowest BCUT2D eigenvalue weighted by Crippen LogP contribution is -2.53. The molecule has 218 valence electrons. The number of esters is 1. The number of ether oxygens (including phenoxy) is 1. The molecule has 5 rings (SSSR count). The van der Waals surface area contributed by atoms with Gasteiger partial charge in [-0.2, -0.15) is 0 Å². The fourth-order valence-corrected chi connectivity index (χ4v) is 6.51. The first-order chi connectivity index (χ1) is 19.7. The van der Waals surface area contributed by atoms with Gasteiger partial charge in [0, 0.05) is 56.5 Å². The van der Waals surface area contributed by atoms with Crippen molar-refractivity contribution >= 4 is 46.4 Å². The molecular weight excluding hydrogens is 567 g/mol. The van der Waals surface area contributed by atoms with E-state index >= 15 is 0 Å². The van der Waals surface area contributed by atoms with Crippen LogP contribution >= 0.6 is 23.6 Å². The van der Waals surface area contributed by atoms with Gasteiger partial charge in [-0.05, 0) is 43.3 Å². The number of benzene rings is 1. The second-order valence-corrected chi connectivity index (χ2v) is 11.7. The van der Waals surface area contributed by atoms with E-state index in [4.69, 9.17) is 21.9 Å². The summed E-state index contributed by atoms with van der Waals surface area (Å²) in [7, 11) is 0. The number of piperazine rings is 1. The van der Waals surface area contributed by atoms with Crippen LogP contribution in [0.2, 0.25) is 0 Å². The quantitative estimate of drug-likeness (QED) is 0.329. The molecule has 2 saturated heterocycles. The number of carboxylic acids is 1. The third-order valence-corrected chi connectivity index (χ3v) is 8.94. The number of thiocarbonyl (C=S) groups is 1. The first kappa shape index (κ1) is 29.1. The van der Waals surface area contributed by atoms with Gasteiger partial charge in [-0.1, -0.05) is 19.1 Å². The molecule has 3 unspecified atom stereocenters. The summed E-state index contributed by atoms with van der Waals surface area (Å²) in [4.78, 5) is 40.5. The predicted octanol–water partition coefficient (Wildman–Crippen LogP) is 2.81. The van der Waals surface area contributed by atoms with Crippen molar-refractivity contribution in [3.63, 3.8) is 0 Å². The zero-order chi connectivity index (χ0) is 29.3. The summed E-state index contributed by atoms with van der Waals surface area (Å²) in [5.41, 5.74) is 2.01. The molecule has 2 fully saturated rings. The number of carbonyl (C=O) groups is 2. The Kier molecular flexibility index (Phi) is 8.66. The standard InChI is InChI=1S/C28H33FN6O4S2/c1-4-39-27(38)22-21(15-33-9-10-35-18(13-33)14-34(28(35)40)12-16(2)26(36)37)31-24(25-30-8-11-41-25)32-23(22)19-6-5-7-20(29)17(19)3/h5-8,11,16,18,23H,4,9-10,12-15H2,1-3H3,(H,31,32)(H,36,37). The van der Waals surface area contributed by atoms with E-state index < -0.39 is 23.9 Å². The number of thiazole rings is 1. The maximum atomic E-state index is 14.7. The normalized spacial score (nSPS) is 21.9. The van der Waals surface area contributed by atoms with Crippen LogP contribution in [-0.2, 0) is 14.3 Å². The first-order valence-electron chi connectivity index (χ1n) is 13.6. The number of aliphatic imine (C=N–C) groups is 1. The average Bonchev–Trinajstić information content (AvgIpc) is 3.58. The summed E-state index contributed by atoms with van der Waals surface area (Å²) in [6, 6.07) is 4.14. The van der Waals surface area contributed by atoms with Crippen LogP contribution in [0.15, 0.2) is 46.0 Å². The number of rotatable bonds is 9. The van der Waals surface area contributed by atoms with Gasteiger partial charge in [0.15, 0.2) is 16.0 Å². The molecule has 2 aromatic rings. The molecule has 13 heteroatoms. The Morgan fingerprint density at radius 3 is 2.83 bits per heavy atom. The number of hydrogen-bond acceptors (Lipinski definition) is 9. The molecule has 41 heavy (non-hydrogen) atoms. The van der Waals surface area contributed by atoms with Crippen LogP contribution in [-0.4, -0.2) is 99.6 Å². The number of carbonyl (C=O) groups excluding carboxylic acids is 1. The van der Waals surface area contributed by atoms with Crippen LogP contribution in [0.4, 0.5) is 4.39 Å². The topological polar surface area (TPSA) is 111 Å². The minimum Gasteiger partial charge on any atom is -0.481 e. The van der Waals surface area contributed by atoms with Gasteiger partial charge in [-0.15, -0.1) is 11.3 Å². The first-order valence-corrected chi connectivity index (χ1v) is 14.9. The summed E-state index contributed by atoms with van der Waals surface area (Å²) in [5, 5.41) is 15.9. The molecule has 0 radical (unpaired) electrons. The number of hydrogen-bond donors (Lipinski definition) is 2. The number of aliphatic carboxylic acids is 1. The lowest BCUT2D eigenvalue weighted by molar-refractivity contribution is -0.141. The molecule has 1 aromatic carbocycles. The van der Waals surface area contributed by atoms with Crippen LogP contribution in [0.3, 0.4) is 0 Å². The third kappa shape index (κ3) is 5.97. The van der Waals surface area contributed by atoms with Crippen LogP contribution in [0.1, 0.15) is 36.0 Å². The zero-order valence-corrected chi connectivity index (χ0v) is 24.8. The average molecular weight is 601 g/mol. The van der Waals surface area contributed by atoms with Crippen LogP contribution in [0.5, 0.6) is 0 Å². The zero-order valence-electron chi connectivity index (χ0n) is 23.2. The minimum atomic E-state index is -0.845. The number of amidine groups is 1. The maximum Gasteiger partial charge on any atom is 0.338 e. The molecule has 1 aromatic heterocycles. The highest BCUT2D eigenvalue weighted by molar-refractivity contribution is 7.80. The molecule has 4 heterocycles. The van der Waals surface area contributed by atoms with E-state index in [1.807, 2.05) is 10.3 Å². The molecule has 3 aliphatic heterocycles. The number of fused-ring (bicyclic) bond motifs is 1. The molecular formula is C28H33FN6O4S2. The summed E-state index contributed by atoms with van der Waals surface area (Å²) in [5.74, 6) is -1.72. The Labute approximate surface area is 247 Å². The summed E-state index contributed by atoms with van der Waals surface area (Å²) < 4.78 is 20.2. The Hall–Kier alpha value is -3.42. The van der Waals surface area contributed by atoms with E-state index in [2.05, 4.69) is 20.1 Å². The van der Waals surface area contributed by atoms with E-state index in [1.54, 1.807) is 39.1 Å².